The lowest BCUT2D eigenvalue weighted by Crippen LogP contribution is -2.09. The summed E-state index contributed by atoms with van der Waals surface area (Å²) < 4.78 is 18.8. The molecule has 10 aromatic rings. The van der Waals surface area contributed by atoms with Crippen LogP contribution in [-0.4, -0.2) is 4.98 Å². The van der Waals surface area contributed by atoms with E-state index in [0.29, 0.717) is 5.89 Å². The molecule has 0 unspecified atom stereocenters. The zero-order valence-electron chi connectivity index (χ0n) is 25.6. The Bertz CT molecular complexity index is 2760. The highest BCUT2D eigenvalue weighted by Crippen LogP contribution is 2.42. The van der Waals surface area contributed by atoms with Gasteiger partial charge in [-0.25, -0.2) is 4.98 Å². The molecule has 0 saturated heterocycles. The van der Waals surface area contributed by atoms with Crippen molar-refractivity contribution in [3.63, 3.8) is 0 Å². The number of benzene rings is 7. The van der Waals surface area contributed by atoms with Crippen LogP contribution in [0.5, 0.6) is 0 Å². The van der Waals surface area contributed by atoms with Crippen LogP contribution in [0.4, 0.5) is 17.1 Å². The monoisotopic (exact) mass is 618 g/mol. The van der Waals surface area contributed by atoms with E-state index in [1.165, 1.54) is 5.56 Å². The Kier molecular flexibility index (Phi) is 5.81. The molecule has 0 aliphatic carbocycles. The van der Waals surface area contributed by atoms with Crippen molar-refractivity contribution in [1.29, 1.82) is 0 Å². The first-order valence-corrected chi connectivity index (χ1v) is 15.9. The molecule has 0 fully saturated rings. The van der Waals surface area contributed by atoms with Gasteiger partial charge in [0, 0.05) is 50.2 Å². The van der Waals surface area contributed by atoms with E-state index in [0.717, 1.165) is 83.2 Å². The zero-order chi connectivity index (χ0) is 31.6. The highest BCUT2D eigenvalue weighted by molar-refractivity contribution is 6.09. The summed E-state index contributed by atoms with van der Waals surface area (Å²) in [5, 5.41) is 4.21. The molecule has 0 bridgehead atoms. The van der Waals surface area contributed by atoms with Gasteiger partial charge < -0.3 is 18.2 Å². The maximum absolute atomic E-state index is 6.33. The molecule has 0 N–H and O–H groups in total. The molecule has 48 heavy (non-hydrogen) atoms. The molecule has 0 aliphatic heterocycles. The molecule has 0 radical (unpaired) electrons. The lowest BCUT2D eigenvalue weighted by molar-refractivity contribution is 0.620. The quantitative estimate of drug-likeness (QED) is 0.192. The van der Waals surface area contributed by atoms with Crippen molar-refractivity contribution in [3.8, 4) is 22.6 Å². The first-order valence-electron chi connectivity index (χ1n) is 15.9. The van der Waals surface area contributed by atoms with E-state index < -0.39 is 0 Å². The lowest BCUT2D eigenvalue weighted by atomic mass is 10.0. The fourth-order valence-electron chi connectivity index (χ4n) is 6.77. The van der Waals surface area contributed by atoms with Gasteiger partial charge in [-0.1, -0.05) is 72.8 Å². The molecule has 0 aliphatic rings. The predicted octanol–water partition coefficient (Wildman–Crippen LogP) is 12.4. The van der Waals surface area contributed by atoms with Crippen LogP contribution in [0, 0.1) is 0 Å². The van der Waals surface area contributed by atoms with Gasteiger partial charge in [0.2, 0.25) is 5.89 Å². The van der Waals surface area contributed by atoms with Crippen molar-refractivity contribution in [2.45, 2.75) is 0 Å². The highest BCUT2D eigenvalue weighted by Gasteiger charge is 2.19. The van der Waals surface area contributed by atoms with E-state index in [4.69, 9.17) is 18.2 Å². The van der Waals surface area contributed by atoms with Gasteiger partial charge in [-0.2, -0.15) is 0 Å². The van der Waals surface area contributed by atoms with Crippen molar-refractivity contribution in [2.24, 2.45) is 0 Å². The second-order valence-corrected chi connectivity index (χ2v) is 12.0. The topological polar surface area (TPSA) is 55.6 Å². The number of hydrogen-bond acceptors (Lipinski definition) is 5. The van der Waals surface area contributed by atoms with Gasteiger partial charge in [0.25, 0.3) is 0 Å². The Balaban J connectivity index is 1.14. The average Bonchev–Trinajstić information content (AvgIpc) is 3.85. The maximum Gasteiger partial charge on any atom is 0.227 e. The Hall–Kier alpha value is -6.59. The van der Waals surface area contributed by atoms with Crippen LogP contribution < -0.4 is 4.90 Å². The van der Waals surface area contributed by atoms with Gasteiger partial charge in [0.15, 0.2) is 5.58 Å². The molecule has 5 heteroatoms. The van der Waals surface area contributed by atoms with Crippen LogP contribution >= 0.6 is 0 Å². The Morgan fingerprint density at radius 1 is 0.354 bits per heavy atom. The fraction of sp³-hybridized carbons (Fsp3) is 0. The van der Waals surface area contributed by atoms with Gasteiger partial charge in [0.1, 0.15) is 27.8 Å². The van der Waals surface area contributed by atoms with E-state index in [1.807, 2.05) is 60.7 Å². The number of furan rings is 2. The molecule has 10 rings (SSSR count). The summed E-state index contributed by atoms with van der Waals surface area (Å²) >= 11 is 0. The minimum Gasteiger partial charge on any atom is -0.456 e. The van der Waals surface area contributed by atoms with Gasteiger partial charge in [-0.15, -0.1) is 0 Å². The van der Waals surface area contributed by atoms with E-state index in [1.54, 1.807) is 0 Å². The molecular formula is C43H26N2O3. The normalized spacial score (nSPS) is 11.8. The maximum atomic E-state index is 6.33. The summed E-state index contributed by atoms with van der Waals surface area (Å²) in [6.07, 6.45) is 0. The van der Waals surface area contributed by atoms with Crippen LogP contribution in [0.25, 0.3) is 77.6 Å². The lowest BCUT2D eigenvalue weighted by Gasteiger charge is -2.25. The summed E-state index contributed by atoms with van der Waals surface area (Å²) in [6, 6.07) is 54.1. The van der Waals surface area contributed by atoms with E-state index in [2.05, 4.69) is 102 Å². The number of oxazole rings is 1. The second-order valence-electron chi connectivity index (χ2n) is 12.0. The third-order valence-corrected chi connectivity index (χ3v) is 9.10. The van der Waals surface area contributed by atoms with Crippen molar-refractivity contribution in [1.82, 2.24) is 4.98 Å². The molecule has 3 aromatic heterocycles. The first kappa shape index (κ1) is 26.6. The van der Waals surface area contributed by atoms with Crippen LogP contribution in [0.1, 0.15) is 0 Å². The number of aromatic nitrogens is 1. The number of rotatable bonds is 5. The average molecular weight is 619 g/mol. The third kappa shape index (κ3) is 4.29. The number of nitrogens with zero attached hydrogens (tertiary/aromatic N) is 2. The molecule has 3 heterocycles. The van der Waals surface area contributed by atoms with Crippen LogP contribution in [0.3, 0.4) is 0 Å². The van der Waals surface area contributed by atoms with Crippen LogP contribution in [0.15, 0.2) is 171 Å². The number of hydrogen-bond donors (Lipinski definition) is 0. The summed E-state index contributed by atoms with van der Waals surface area (Å²) in [5.41, 5.74) is 11.2. The molecule has 0 saturated carbocycles. The van der Waals surface area contributed by atoms with Crippen molar-refractivity contribution < 1.29 is 13.3 Å². The number of anilines is 3. The van der Waals surface area contributed by atoms with Gasteiger partial charge in [-0.05, 0) is 90.0 Å². The van der Waals surface area contributed by atoms with Gasteiger partial charge in [-0.3, -0.25) is 0 Å². The molecule has 0 amide bonds. The van der Waals surface area contributed by atoms with Crippen molar-refractivity contribution in [3.05, 3.63) is 158 Å². The smallest absolute Gasteiger partial charge is 0.227 e. The van der Waals surface area contributed by atoms with Crippen LogP contribution in [-0.2, 0) is 0 Å². The Morgan fingerprint density at radius 3 is 1.79 bits per heavy atom. The van der Waals surface area contributed by atoms with E-state index in [-0.39, 0.29) is 0 Å². The minimum atomic E-state index is 0.586. The largest absolute Gasteiger partial charge is 0.456 e. The highest BCUT2D eigenvalue weighted by atomic mass is 16.3. The third-order valence-electron chi connectivity index (χ3n) is 9.10. The van der Waals surface area contributed by atoms with E-state index in [9.17, 15) is 0 Å². The Morgan fingerprint density at radius 2 is 0.938 bits per heavy atom. The fourth-order valence-corrected chi connectivity index (χ4v) is 6.77. The summed E-state index contributed by atoms with van der Waals surface area (Å²) in [6.45, 7) is 0. The molecule has 0 spiro atoms. The Labute approximate surface area is 274 Å². The number of para-hydroxylation sites is 3. The van der Waals surface area contributed by atoms with E-state index >= 15 is 0 Å². The summed E-state index contributed by atoms with van der Waals surface area (Å²) in [5.74, 6) is 0.586. The minimum absolute atomic E-state index is 0.586. The number of fused-ring (bicyclic) bond motifs is 7. The standard InChI is InChI=1S/C43H26N2O3/c1-2-8-27(9-3-1)28-14-17-30(18-15-28)45(32-19-21-34-33-10-4-6-12-38(33)47-42(34)26-32)31-20-23-40-36(25-31)35-24-29(16-22-39(35)46-40)43-44-37-11-5-7-13-41(37)48-43/h1-26H. The molecule has 7 aromatic carbocycles. The second kappa shape index (κ2) is 10.5. The van der Waals surface area contributed by atoms with Crippen LogP contribution in [0.2, 0.25) is 0 Å². The molecule has 5 nitrogen and oxygen atoms in total. The summed E-state index contributed by atoms with van der Waals surface area (Å²) in [7, 11) is 0. The molecule has 226 valence electrons. The van der Waals surface area contributed by atoms with Gasteiger partial charge in [0.05, 0.1) is 0 Å². The van der Waals surface area contributed by atoms with Crippen molar-refractivity contribution >= 4 is 72.0 Å². The predicted molar refractivity (Wildman–Crippen MR) is 194 cm³/mol. The molecule has 0 atom stereocenters. The molecular weight excluding hydrogens is 592 g/mol. The zero-order valence-corrected chi connectivity index (χ0v) is 25.6. The van der Waals surface area contributed by atoms with Gasteiger partial charge >= 0.3 is 0 Å². The SMILES string of the molecule is c1ccc(-c2ccc(N(c3ccc4c(c3)oc3ccccc34)c3ccc4oc5ccc(-c6nc7ccccc7o6)cc5c4c3)cc2)cc1. The van der Waals surface area contributed by atoms with Crippen molar-refractivity contribution in [2.75, 3.05) is 4.90 Å². The first-order chi connectivity index (χ1) is 23.7. The summed E-state index contributed by atoms with van der Waals surface area (Å²) in [4.78, 5) is 7.00.